The molecule has 2 heterocycles. The van der Waals surface area contributed by atoms with Crippen molar-refractivity contribution in [2.24, 2.45) is 28.9 Å². The van der Waals surface area contributed by atoms with E-state index in [1.54, 1.807) is 38.2 Å². The number of Topliss-reactive ketones (excluding diaryl/α,β-unsaturated/α-hetero) is 1. The number of benzene rings is 1. The highest BCUT2D eigenvalue weighted by molar-refractivity contribution is 7.18. The van der Waals surface area contributed by atoms with Gasteiger partial charge >= 0.3 is 11.9 Å². The first-order chi connectivity index (χ1) is 22.1. The van der Waals surface area contributed by atoms with E-state index in [1.165, 1.54) is 0 Å². The smallest absolute Gasteiger partial charge is 0.310 e. The minimum Gasteiger partial charge on any atom is -0.461 e. The summed E-state index contributed by atoms with van der Waals surface area (Å²) < 4.78 is 13.1. The van der Waals surface area contributed by atoms with Crippen molar-refractivity contribution in [3.63, 3.8) is 0 Å². The zero-order chi connectivity index (χ0) is 34.9. The van der Waals surface area contributed by atoms with Gasteiger partial charge in [-0.05, 0) is 102 Å². The summed E-state index contributed by atoms with van der Waals surface area (Å²) in [5.74, 6) is -2.75. The summed E-state index contributed by atoms with van der Waals surface area (Å²) in [5, 5.41) is 23.9. The van der Waals surface area contributed by atoms with E-state index in [0.717, 1.165) is 33.6 Å². The Balaban J connectivity index is 2.03. The SMILES string of the molecule is C=CC[C@H]1C(=O)C(C)(C)[C@@H](OC(=O)CCCCCN)CC(=O)O[C@H](c2ccc3sc(C)nc3c2)C[C@H](C)[C@](C)(O)CCC[C@H](C)[C@@H]1O. The fraction of sp³-hybridized carbons (Fsp3) is 0.676. The number of carbonyl (C=O) groups excluding carboxylic acids is 3. The first-order valence-corrected chi connectivity index (χ1v) is 17.9. The summed E-state index contributed by atoms with van der Waals surface area (Å²) in [5.41, 5.74) is 4.77. The Morgan fingerprint density at radius 1 is 1.21 bits per heavy atom. The summed E-state index contributed by atoms with van der Waals surface area (Å²) in [6.45, 7) is 15.3. The van der Waals surface area contributed by atoms with Gasteiger partial charge in [-0.2, -0.15) is 0 Å². The second-order valence-electron chi connectivity index (χ2n) is 14.3. The van der Waals surface area contributed by atoms with E-state index >= 15 is 0 Å². The van der Waals surface area contributed by atoms with Crippen molar-refractivity contribution in [2.75, 3.05) is 6.54 Å². The molecule has 3 rings (SSSR count). The number of ketones is 1. The van der Waals surface area contributed by atoms with Crippen LogP contribution in [-0.2, 0) is 23.9 Å². The molecule has 0 radical (unpaired) electrons. The number of thiazole rings is 1. The molecule has 0 unspecified atom stereocenters. The lowest BCUT2D eigenvalue weighted by Crippen LogP contribution is -2.48. The van der Waals surface area contributed by atoms with Crippen LogP contribution in [0.1, 0.15) is 116 Å². The van der Waals surface area contributed by atoms with Crippen LogP contribution in [0.15, 0.2) is 30.9 Å². The molecule has 7 atom stereocenters. The van der Waals surface area contributed by atoms with E-state index in [1.807, 2.05) is 39.0 Å². The number of aliphatic hydroxyl groups excluding tert-OH is 1. The zero-order valence-electron chi connectivity index (χ0n) is 29.1. The number of fused-ring (bicyclic) bond motifs is 1. The maximum absolute atomic E-state index is 14.3. The molecule has 0 amide bonds. The Morgan fingerprint density at radius 3 is 2.62 bits per heavy atom. The Labute approximate surface area is 284 Å². The van der Waals surface area contributed by atoms with Gasteiger partial charge in [-0.15, -0.1) is 17.9 Å². The van der Waals surface area contributed by atoms with E-state index in [9.17, 15) is 24.6 Å². The van der Waals surface area contributed by atoms with Crippen molar-refractivity contribution in [1.82, 2.24) is 4.98 Å². The molecular formula is C37H56N2O7S. The highest BCUT2D eigenvalue weighted by Gasteiger charge is 2.46. The largest absolute Gasteiger partial charge is 0.461 e. The Hall–Kier alpha value is -2.66. The van der Waals surface area contributed by atoms with Crippen LogP contribution in [0.2, 0.25) is 0 Å². The van der Waals surface area contributed by atoms with Gasteiger partial charge in [0.15, 0.2) is 0 Å². The van der Waals surface area contributed by atoms with Gasteiger partial charge in [-0.25, -0.2) is 4.98 Å². The number of hydrogen-bond donors (Lipinski definition) is 3. The third kappa shape index (κ3) is 10.4. The van der Waals surface area contributed by atoms with E-state index in [0.29, 0.717) is 38.6 Å². The van der Waals surface area contributed by atoms with Crippen molar-refractivity contribution < 1.29 is 34.1 Å². The van der Waals surface area contributed by atoms with E-state index < -0.39 is 47.2 Å². The number of ether oxygens (including phenoxy) is 2. The Bertz CT molecular complexity index is 1370. The summed E-state index contributed by atoms with van der Waals surface area (Å²) >= 11 is 1.58. The van der Waals surface area contributed by atoms with Gasteiger partial charge in [0.05, 0.1) is 38.8 Å². The summed E-state index contributed by atoms with van der Waals surface area (Å²) in [7, 11) is 0. The number of cyclic esters (lactones) is 1. The molecule has 1 saturated heterocycles. The van der Waals surface area contributed by atoms with Crippen LogP contribution in [0.3, 0.4) is 0 Å². The summed E-state index contributed by atoms with van der Waals surface area (Å²) in [6.07, 6.45) is 2.99. The van der Waals surface area contributed by atoms with Crippen LogP contribution < -0.4 is 5.73 Å². The molecule has 4 N–H and O–H groups in total. The Kier molecular flexibility index (Phi) is 14.1. The predicted octanol–water partition coefficient (Wildman–Crippen LogP) is 6.76. The monoisotopic (exact) mass is 672 g/mol. The number of aryl methyl sites for hydroxylation is 1. The van der Waals surface area contributed by atoms with Crippen LogP contribution in [0.5, 0.6) is 0 Å². The fourth-order valence-electron chi connectivity index (χ4n) is 6.51. The molecule has 2 aromatic rings. The number of nitrogens with two attached hydrogens (primary N) is 1. The molecule has 9 nitrogen and oxygen atoms in total. The van der Waals surface area contributed by atoms with Crippen LogP contribution >= 0.6 is 11.3 Å². The topological polar surface area (TPSA) is 149 Å². The molecular weight excluding hydrogens is 616 g/mol. The number of hydrogen-bond acceptors (Lipinski definition) is 10. The van der Waals surface area contributed by atoms with E-state index in [4.69, 9.17) is 15.2 Å². The van der Waals surface area contributed by atoms with Crippen LogP contribution in [0, 0.1) is 30.1 Å². The quantitative estimate of drug-likeness (QED) is 0.149. The highest BCUT2D eigenvalue weighted by atomic mass is 32.1. The average molecular weight is 673 g/mol. The molecule has 0 aliphatic carbocycles. The molecule has 1 aromatic carbocycles. The van der Waals surface area contributed by atoms with Gasteiger partial charge in [0.1, 0.15) is 18.0 Å². The third-order valence-electron chi connectivity index (χ3n) is 10.0. The van der Waals surface area contributed by atoms with Crippen molar-refractivity contribution in [2.45, 2.75) is 130 Å². The minimum absolute atomic E-state index is 0.133. The van der Waals surface area contributed by atoms with E-state index in [2.05, 4.69) is 11.6 Å². The molecule has 0 bridgehead atoms. The number of unbranched alkanes of at least 4 members (excludes halogenated alkanes) is 2. The van der Waals surface area contributed by atoms with Crippen molar-refractivity contribution >= 4 is 39.3 Å². The molecule has 47 heavy (non-hydrogen) atoms. The van der Waals surface area contributed by atoms with Gasteiger partial charge in [0.25, 0.3) is 0 Å². The minimum atomic E-state index is -1.32. The maximum Gasteiger partial charge on any atom is 0.310 e. The van der Waals surface area contributed by atoms with Crippen molar-refractivity contribution in [3.8, 4) is 0 Å². The lowest BCUT2D eigenvalue weighted by molar-refractivity contribution is -0.169. The lowest BCUT2D eigenvalue weighted by atomic mass is 9.71. The van der Waals surface area contributed by atoms with Crippen LogP contribution in [0.4, 0.5) is 0 Å². The standard InChI is InChI=1S/C37H56N2O7S/c1-8-13-27-34(42)23(2)14-12-18-37(7,44)24(3)20-29(26-16-17-30-28(21-26)39-25(4)47-30)45-33(41)22-31(36(5,6)35(27)43)46-32(40)15-10-9-11-19-38/h8,16-17,21,23-24,27,29,31,34,42,44H,1,9-15,18-20,22,38H2,2-7H3/t23-,24-,27+,29-,31-,34-,37+/m0/s1. The maximum atomic E-state index is 14.3. The van der Waals surface area contributed by atoms with Gasteiger partial charge in [0, 0.05) is 12.3 Å². The number of carbonyl (C=O) groups is 3. The molecule has 1 aliphatic rings. The number of aliphatic hydroxyl groups is 2. The number of rotatable bonds is 9. The number of esters is 2. The van der Waals surface area contributed by atoms with Gasteiger partial charge < -0.3 is 25.4 Å². The van der Waals surface area contributed by atoms with E-state index in [-0.39, 0.29) is 36.9 Å². The molecule has 1 fully saturated rings. The van der Waals surface area contributed by atoms with Crippen LogP contribution in [-0.4, -0.2) is 57.3 Å². The summed E-state index contributed by atoms with van der Waals surface area (Å²) in [4.78, 5) is 45.8. The van der Waals surface area contributed by atoms with Gasteiger partial charge in [0.2, 0.25) is 0 Å². The highest BCUT2D eigenvalue weighted by Crippen LogP contribution is 2.39. The molecule has 0 saturated carbocycles. The average Bonchev–Trinajstić information content (AvgIpc) is 3.39. The molecule has 1 aromatic heterocycles. The second kappa shape index (κ2) is 17.1. The number of allylic oxidation sites excluding steroid dienone is 1. The normalized spacial score (nSPS) is 29.7. The van der Waals surface area contributed by atoms with Gasteiger partial charge in [-0.1, -0.05) is 38.8 Å². The van der Waals surface area contributed by atoms with Crippen LogP contribution in [0.25, 0.3) is 10.2 Å². The molecule has 262 valence electrons. The molecule has 10 heteroatoms. The first-order valence-electron chi connectivity index (χ1n) is 17.1. The number of aromatic nitrogens is 1. The lowest BCUT2D eigenvalue weighted by Gasteiger charge is -2.38. The summed E-state index contributed by atoms with van der Waals surface area (Å²) in [6, 6.07) is 5.81. The van der Waals surface area contributed by atoms with Gasteiger partial charge in [-0.3, -0.25) is 14.4 Å². The number of nitrogens with zero attached hydrogens (tertiary/aromatic N) is 1. The predicted molar refractivity (Wildman–Crippen MR) is 186 cm³/mol. The van der Waals surface area contributed by atoms with Crippen molar-refractivity contribution in [1.29, 1.82) is 0 Å². The molecule has 0 spiro atoms. The first kappa shape index (κ1) is 38.8. The molecule has 1 aliphatic heterocycles. The Morgan fingerprint density at radius 2 is 1.94 bits per heavy atom. The van der Waals surface area contributed by atoms with Crippen molar-refractivity contribution in [3.05, 3.63) is 41.4 Å². The second-order valence-corrected chi connectivity index (χ2v) is 15.5. The fourth-order valence-corrected chi connectivity index (χ4v) is 7.32. The third-order valence-corrected chi connectivity index (χ3v) is 11.0. The zero-order valence-corrected chi connectivity index (χ0v) is 29.9.